The van der Waals surface area contributed by atoms with E-state index in [-0.39, 0.29) is 0 Å². The molecule has 0 saturated carbocycles. The van der Waals surface area contributed by atoms with Gasteiger partial charge in [0.2, 0.25) is 0 Å². The molecule has 0 radical (unpaired) electrons. The molecule has 2 aromatic rings. The molecule has 0 N–H and O–H groups in total. The number of ether oxygens (including phenoxy) is 1. The predicted molar refractivity (Wildman–Crippen MR) is 71.6 cm³/mol. The van der Waals surface area contributed by atoms with E-state index >= 15 is 0 Å². The van der Waals surface area contributed by atoms with E-state index in [2.05, 4.69) is 24.3 Å². The van der Waals surface area contributed by atoms with Crippen LogP contribution < -0.4 is 4.74 Å². The van der Waals surface area contributed by atoms with Gasteiger partial charge in [0.1, 0.15) is 12.4 Å². The quantitative estimate of drug-likeness (QED) is 0.724. The Kier molecular flexibility index (Phi) is 4.45. The number of benzene rings is 2. The summed E-state index contributed by atoms with van der Waals surface area (Å²) in [5.74, 6) is 1.57. The fourth-order valence-electron chi connectivity index (χ4n) is 1.59. The number of alkyl halides is 1. The lowest BCUT2D eigenvalue weighted by Crippen LogP contribution is -1.95. The maximum atomic E-state index is 5.69. The highest BCUT2D eigenvalue weighted by Gasteiger charge is 1.96. The molecule has 0 aliphatic carbocycles. The van der Waals surface area contributed by atoms with Crippen molar-refractivity contribution >= 4 is 11.6 Å². The topological polar surface area (TPSA) is 9.23 Å². The molecule has 2 rings (SSSR count). The SMILES string of the molecule is ClCCc1ccc(COc2ccccc2)cc1. The van der Waals surface area contributed by atoms with Crippen molar-refractivity contribution in [1.82, 2.24) is 0 Å². The van der Waals surface area contributed by atoms with E-state index in [1.165, 1.54) is 11.1 Å². The maximum absolute atomic E-state index is 5.69. The largest absolute Gasteiger partial charge is 0.489 e. The van der Waals surface area contributed by atoms with Crippen LogP contribution in [0.1, 0.15) is 11.1 Å². The highest BCUT2D eigenvalue weighted by molar-refractivity contribution is 6.17. The van der Waals surface area contributed by atoms with Crippen LogP contribution in [-0.2, 0) is 13.0 Å². The first-order valence-corrected chi connectivity index (χ1v) is 6.23. The third-order valence-electron chi connectivity index (χ3n) is 2.55. The van der Waals surface area contributed by atoms with Crippen molar-refractivity contribution in [3.8, 4) is 5.75 Å². The molecule has 0 amide bonds. The molecule has 0 unspecified atom stereocenters. The summed E-state index contributed by atoms with van der Waals surface area (Å²) in [6.45, 7) is 0.602. The van der Waals surface area contributed by atoms with Gasteiger partial charge in [-0.1, -0.05) is 42.5 Å². The number of rotatable bonds is 5. The fraction of sp³-hybridized carbons (Fsp3) is 0.200. The van der Waals surface area contributed by atoms with E-state index in [0.717, 1.165) is 12.2 Å². The van der Waals surface area contributed by atoms with Crippen molar-refractivity contribution in [3.63, 3.8) is 0 Å². The van der Waals surface area contributed by atoms with E-state index in [1.54, 1.807) is 0 Å². The Morgan fingerprint density at radius 3 is 2.12 bits per heavy atom. The summed E-state index contributed by atoms with van der Waals surface area (Å²) in [6.07, 6.45) is 0.918. The van der Waals surface area contributed by atoms with Crippen LogP contribution >= 0.6 is 11.6 Å². The van der Waals surface area contributed by atoms with Crippen LogP contribution in [0.3, 0.4) is 0 Å². The van der Waals surface area contributed by atoms with Crippen LogP contribution in [0, 0.1) is 0 Å². The number of aryl methyl sites for hydroxylation is 1. The summed E-state index contributed by atoms with van der Waals surface area (Å²) in [5, 5.41) is 0. The molecule has 2 heteroatoms. The van der Waals surface area contributed by atoms with Crippen LogP contribution in [0.25, 0.3) is 0 Å². The van der Waals surface area contributed by atoms with Gasteiger partial charge in [0, 0.05) is 5.88 Å². The molecule has 88 valence electrons. The molecule has 0 saturated heterocycles. The van der Waals surface area contributed by atoms with Gasteiger partial charge in [-0.2, -0.15) is 0 Å². The van der Waals surface area contributed by atoms with E-state index in [4.69, 9.17) is 16.3 Å². The molecule has 0 bridgehead atoms. The predicted octanol–water partition coefficient (Wildman–Crippen LogP) is 4.05. The van der Waals surface area contributed by atoms with Crippen LogP contribution in [-0.4, -0.2) is 5.88 Å². The summed E-state index contributed by atoms with van der Waals surface area (Å²) in [7, 11) is 0. The first kappa shape index (κ1) is 12.0. The van der Waals surface area contributed by atoms with E-state index in [0.29, 0.717) is 12.5 Å². The second-order valence-corrected chi connectivity index (χ2v) is 4.24. The summed E-state index contributed by atoms with van der Waals surface area (Å²) in [6, 6.07) is 18.2. The minimum atomic E-state index is 0.602. The second kappa shape index (κ2) is 6.31. The van der Waals surface area contributed by atoms with Gasteiger partial charge in [0.25, 0.3) is 0 Å². The molecule has 0 spiro atoms. The standard InChI is InChI=1S/C15H15ClO/c16-11-10-13-6-8-14(9-7-13)12-17-15-4-2-1-3-5-15/h1-9H,10-12H2. The zero-order valence-electron chi connectivity index (χ0n) is 9.60. The Labute approximate surface area is 107 Å². The van der Waals surface area contributed by atoms with Gasteiger partial charge in [-0.25, -0.2) is 0 Å². The number of para-hydroxylation sites is 1. The zero-order chi connectivity index (χ0) is 11.9. The third-order valence-corrected chi connectivity index (χ3v) is 2.74. The average Bonchev–Trinajstić information content (AvgIpc) is 2.40. The third kappa shape index (κ3) is 3.79. The number of halogens is 1. The van der Waals surface area contributed by atoms with E-state index < -0.39 is 0 Å². The van der Waals surface area contributed by atoms with Crippen molar-refractivity contribution in [2.45, 2.75) is 13.0 Å². The van der Waals surface area contributed by atoms with Gasteiger partial charge in [-0.15, -0.1) is 11.6 Å². The second-order valence-electron chi connectivity index (χ2n) is 3.86. The van der Waals surface area contributed by atoms with Crippen LogP contribution in [0.15, 0.2) is 54.6 Å². The maximum Gasteiger partial charge on any atom is 0.119 e. The lowest BCUT2D eigenvalue weighted by Gasteiger charge is -2.06. The Morgan fingerprint density at radius 1 is 0.824 bits per heavy atom. The van der Waals surface area contributed by atoms with Crippen molar-refractivity contribution in [2.24, 2.45) is 0 Å². The number of hydrogen-bond donors (Lipinski definition) is 0. The van der Waals surface area contributed by atoms with Crippen molar-refractivity contribution < 1.29 is 4.74 Å². The Hall–Kier alpha value is -1.47. The highest BCUT2D eigenvalue weighted by atomic mass is 35.5. The smallest absolute Gasteiger partial charge is 0.119 e. The van der Waals surface area contributed by atoms with Gasteiger partial charge >= 0.3 is 0 Å². The van der Waals surface area contributed by atoms with Crippen LogP contribution in [0.5, 0.6) is 5.75 Å². The summed E-state index contributed by atoms with van der Waals surface area (Å²) >= 11 is 5.69. The first-order valence-electron chi connectivity index (χ1n) is 5.70. The molecule has 0 heterocycles. The highest BCUT2D eigenvalue weighted by Crippen LogP contribution is 2.12. The van der Waals surface area contributed by atoms with E-state index in [9.17, 15) is 0 Å². The number of hydrogen-bond acceptors (Lipinski definition) is 1. The summed E-state index contributed by atoms with van der Waals surface area (Å²) in [5.41, 5.74) is 2.44. The minimum Gasteiger partial charge on any atom is -0.489 e. The zero-order valence-corrected chi connectivity index (χ0v) is 10.4. The molecule has 0 atom stereocenters. The summed E-state index contributed by atoms with van der Waals surface area (Å²) < 4.78 is 5.67. The lowest BCUT2D eigenvalue weighted by molar-refractivity contribution is 0.306. The van der Waals surface area contributed by atoms with E-state index in [1.807, 2.05) is 30.3 Å². The normalized spacial score (nSPS) is 10.2. The Bertz CT molecular complexity index is 436. The van der Waals surface area contributed by atoms with Gasteiger partial charge in [0.15, 0.2) is 0 Å². The lowest BCUT2D eigenvalue weighted by atomic mass is 10.1. The minimum absolute atomic E-state index is 0.602. The Morgan fingerprint density at radius 2 is 1.47 bits per heavy atom. The molecule has 0 aliphatic rings. The monoisotopic (exact) mass is 246 g/mol. The van der Waals surface area contributed by atoms with Crippen molar-refractivity contribution in [1.29, 1.82) is 0 Å². The molecule has 1 nitrogen and oxygen atoms in total. The van der Waals surface area contributed by atoms with Crippen LogP contribution in [0.4, 0.5) is 0 Å². The van der Waals surface area contributed by atoms with Gasteiger partial charge in [0.05, 0.1) is 0 Å². The molecule has 2 aromatic carbocycles. The van der Waals surface area contributed by atoms with Gasteiger partial charge in [-0.05, 0) is 29.7 Å². The van der Waals surface area contributed by atoms with Crippen molar-refractivity contribution in [2.75, 3.05) is 5.88 Å². The molecular formula is C15H15ClO. The average molecular weight is 247 g/mol. The molecule has 0 fully saturated rings. The fourth-order valence-corrected chi connectivity index (χ4v) is 1.81. The summed E-state index contributed by atoms with van der Waals surface area (Å²) in [4.78, 5) is 0. The molecular weight excluding hydrogens is 232 g/mol. The molecule has 0 aliphatic heterocycles. The van der Waals surface area contributed by atoms with Crippen molar-refractivity contribution in [3.05, 3.63) is 65.7 Å². The molecule has 17 heavy (non-hydrogen) atoms. The van der Waals surface area contributed by atoms with Gasteiger partial charge in [-0.3, -0.25) is 0 Å². The Balaban J connectivity index is 1.91. The first-order chi connectivity index (χ1) is 8.38. The van der Waals surface area contributed by atoms with Gasteiger partial charge < -0.3 is 4.74 Å². The van der Waals surface area contributed by atoms with Crippen LogP contribution in [0.2, 0.25) is 0 Å². The molecule has 0 aromatic heterocycles.